The van der Waals surface area contributed by atoms with Crippen LogP contribution in [0.15, 0.2) is 12.4 Å². The average molecular weight is 281 g/mol. The molecule has 0 bridgehead atoms. The summed E-state index contributed by atoms with van der Waals surface area (Å²) in [5.74, 6) is -1.59. The number of urea groups is 1. The zero-order valence-corrected chi connectivity index (χ0v) is 10.9. The fraction of sp³-hybridized carbons (Fsp3) is 0.455. The van der Waals surface area contributed by atoms with Gasteiger partial charge >= 0.3 is 12.0 Å². The number of carbonyl (C=O) groups is 3. The van der Waals surface area contributed by atoms with Crippen LogP contribution in [0.3, 0.4) is 0 Å². The van der Waals surface area contributed by atoms with E-state index in [2.05, 4.69) is 15.7 Å². The SMILES string of the molecule is Cn1cc(NC(=O)N2CCNC(=O)C2CC(=O)O)cn1. The Bertz CT molecular complexity index is 541. The zero-order chi connectivity index (χ0) is 14.7. The molecule has 1 aliphatic rings. The first-order valence-electron chi connectivity index (χ1n) is 6.03. The molecule has 1 aromatic rings. The van der Waals surface area contributed by atoms with Gasteiger partial charge in [0.15, 0.2) is 0 Å². The Labute approximate surface area is 114 Å². The smallest absolute Gasteiger partial charge is 0.322 e. The second-order valence-corrected chi connectivity index (χ2v) is 4.43. The van der Waals surface area contributed by atoms with E-state index in [4.69, 9.17) is 5.11 Å². The van der Waals surface area contributed by atoms with Crippen molar-refractivity contribution >= 4 is 23.6 Å². The minimum Gasteiger partial charge on any atom is -0.481 e. The molecule has 0 saturated carbocycles. The predicted molar refractivity (Wildman–Crippen MR) is 68.0 cm³/mol. The molecular formula is C11H15N5O4. The predicted octanol–water partition coefficient (Wildman–Crippen LogP) is -0.773. The Morgan fingerprint density at radius 1 is 1.60 bits per heavy atom. The van der Waals surface area contributed by atoms with Gasteiger partial charge in [-0.2, -0.15) is 5.10 Å². The van der Waals surface area contributed by atoms with E-state index in [0.29, 0.717) is 12.2 Å². The van der Waals surface area contributed by atoms with Crippen LogP contribution in [0.5, 0.6) is 0 Å². The molecule has 2 heterocycles. The van der Waals surface area contributed by atoms with Crippen molar-refractivity contribution in [1.29, 1.82) is 0 Å². The van der Waals surface area contributed by atoms with E-state index >= 15 is 0 Å². The molecule has 1 saturated heterocycles. The maximum absolute atomic E-state index is 12.1. The van der Waals surface area contributed by atoms with Gasteiger partial charge in [0.05, 0.1) is 18.3 Å². The Kier molecular flexibility index (Phi) is 3.87. The number of hydrogen-bond donors (Lipinski definition) is 3. The van der Waals surface area contributed by atoms with E-state index < -0.39 is 30.4 Å². The third-order valence-electron chi connectivity index (χ3n) is 2.92. The van der Waals surface area contributed by atoms with E-state index in [-0.39, 0.29) is 6.54 Å². The number of rotatable bonds is 3. The number of nitrogens with zero attached hydrogens (tertiary/aromatic N) is 3. The van der Waals surface area contributed by atoms with Gasteiger partial charge in [0, 0.05) is 26.3 Å². The van der Waals surface area contributed by atoms with Gasteiger partial charge in [-0.1, -0.05) is 0 Å². The van der Waals surface area contributed by atoms with Gasteiger partial charge < -0.3 is 20.6 Å². The van der Waals surface area contributed by atoms with Crippen molar-refractivity contribution in [3.05, 3.63) is 12.4 Å². The highest BCUT2D eigenvalue weighted by Crippen LogP contribution is 2.12. The number of aryl methyl sites for hydroxylation is 1. The summed E-state index contributed by atoms with van der Waals surface area (Å²) in [4.78, 5) is 35.8. The van der Waals surface area contributed by atoms with Crippen LogP contribution in [-0.2, 0) is 16.6 Å². The normalized spacial score (nSPS) is 18.6. The molecule has 0 aromatic carbocycles. The lowest BCUT2D eigenvalue weighted by molar-refractivity contribution is -0.142. The molecular weight excluding hydrogens is 266 g/mol. The molecule has 0 aliphatic carbocycles. The van der Waals surface area contributed by atoms with Crippen LogP contribution in [0.25, 0.3) is 0 Å². The van der Waals surface area contributed by atoms with E-state index in [1.54, 1.807) is 13.2 Å². The fourth-order valence-corrected chi connectivity index (χ4v) is 2.01. The van der Waals surface area contributed by atoms with Gasteiger partial charge in [0.25, 0.3) is 0 Å². The third kappa shape index (κ3) is 3.05. The average Bonchev–Trinajstić information content (AvgIpc) is 2.76. The van der Waals surface area contributed by atoms with Crippen LogP contribution in [0, 0.1) is 0 Å². The number of piperazine rings is 1. The largest absolute Gasteiger partial charge is 0.481 e. The van der Waals surface area contributed by atoms with Crippen LogP contribution in [0.4, 0.5) is 10.5 Å². The standard InChI is InChI=1S/C11H15N5O4/c1-15-6-7(5-13-15)14-11(20)16-3-2-12-10(19)8(16)4-9(17)18/h5-6,8H,2-4H2,1H3,(H,12,19)(H,14,20)(H,17,18). The quantitative estimate of drug-likeness (QED) is 0.672. The molecule has 3 amide bonds. The maximum atomic E-state index is 12.1. The number of hydrogen-bond acceptors (Lipinski definition) is 4. The van der Waals surface area contributed by atoms with Crippen molar-refractivity contribution in [2.75, 3.05) is 18.4 Å². The van der Waals surface area contributed by atoms with Gasteiger partial charge in [-0.15, -0.1) is 0 Å². The van der Waals surface area contributed by atoms with E-state index in [1.807, 2.05) is 0 Å². The fourth-order valence-electron chi connectivity index (χ4n) is 2.01. The lowest BCUT2D eigenvalue weighted by atomic mass is 10.1. The first-order chi connectivity index (χ1) is 9.47. The van der Waals surface area contributed by atoms with Crippen molar-refractivity contribution in [3.63, 3.8) is 0 Å². The Balaban J connectivity index is 2.08. The topological polar surface area (TPSA) is 117 Å². The van der Waals surface area contributed by atoms with Crippen molar-refractivity contribution in [3.8, 4) is 0 Å². The number of aliphatic carboxylic acids is 1. The first-order valence-corrected chi connectivity index (χ1v) is 6.03. The number of nitrogens with one attached hydrogen (secondary N) is 2. The highest BCUT2D eigenvalue weighted by atomic mass is 16.4. The number of carbonyl (C=O) groups excluding carboxylic acids is 2. The Hall–Kier alpha value is -2.58. The summed E-state index contributed by atoms with van der Waals surface area (Å²) in [6.45, 7) is 0.561. The maximum Gasteiger partial charge on any atom is 0.322 e. The lowest BCUT2D eigenvalue weighted by Gasteiger charge is -2.34. The van der Waals surface area contributed by atoms with Gasteiger partial charge in [0.1, 0.15) is 6.04 Å². The highest BCUT2D eigenvalue weighted by molar-refractivity contribution is 5.95. The number of aromatic nitrogens is 2. The zero-order valence-electron chi connectivity index (χ0n) is 10.9. The number of carboxylic acids is 1. The Morgan fingerprint density at radius 2 is 2.35 bits per heavy atom. The van der Waals surface area contributed by atoms with Gasteiger partial charge in [-0.3, -0.25) is 14.3 Å². The van der Waals surface area contributed by atoms with Crippen molar-refractivity contribution in [2.45, 2.75) is 12.5 Å². The molecule has 1 atom stereocenters. The number of carboxylic acid groups (broad SMARTS) is 1. The molecule has 1 aromatic heterocycles. The molecule has 1 unspecified atom stereocenters. The molecule has 3 N–H and O–H groups in total. The highest BCUT2D eigenvalue weighted by Gasteiger charge is 2.34. The van der Waals surface area contributed by atoms with Crippen LogP contribution in [0.2, 0.25) is 0 Å². The summed E-state index contributed by atoms with van der Waals surface area (Å²) < 4.78 is 1.52. The number of anilines is 1. The Morgan fingerprint density at radius 3 is 2.95 bits per heavy atom. The first kappa shape index (κ1) is 13.8. The van der Waals surface area contributed by atoms with Crippen LogP contribution in [0.1, 0.15) is 6.42 Å². The molecule has 9 heteroatoms. The molecule has 0 spiro atoms. The van der Waals surface area contributed by atoms with Gasteiger partial charge in [-0.25, -0.2) is 4.79 Å². The second-order valence-electron chi connectivity index (χ2n) is 4.43. The van der Waals surface area contributed by atoms with Crippen LogP contribution >= 0.6 is 0 Å². The van der Waals surface area contributed by atoms with Crippen molar-refractivity contribution in [1.82, 2.24) is 20.0 Å². The monoisotopic (exact) mass is 281 g/mol. The summed E-state index contributed by atoms with van der Waals surface area (Å²) in [6, 6.07) is -1.52. The summed E-state index contributed by atoms with van der Waals surface area (Å²) in [5, 5.41) is 17.9. The summed E-state index contributed by atoms with van der Waals surface area (Å²) >= 11 is 0. The molecule has 1 fully saturated rings. The van der Waals surface area contributed by atoms with Gasteiger partial charge in [-0.05, 0) is 0 Å². The van der Waals surface area contributed by atoms with Crippen molar-refractivity contribution < 1.29 is 19.5 Å². The summed E-state index contributed by atoms with van der Waals surface area (Å²) in [6.07, 6.45) is 2.65. The molecule has 20 heavy (non-hydrogen) atoms. The molecule has 2 rings (SSSR count). The summed E-state index contributed by atoms with van der Waals surface area (Å²) in [7, 11) is 1.71. The minimum atomic E-state index is -1.13. The molecule has 1 aliphatic heterocycles. The van der Waals surface area contributed by atoms with Crippen molar-refractivity contribution in [2.24, 2.45) is 7.05 Å². The number of amides is 3. The van der Waals surface area contributed by atoms with Crippen LogP contribution in [-0.4, -0.2) is 56.8 Å². The van der Waals surface area contributed by atoms with E-state index in [1.165, 1.54) is 15.8 Å². The third-order valence-corrected chi connectivity index (χ3v) is 2.92. The molecule has 108 valence electrons. The summed E-state index contributed by atoms with van der Waals surface area (Å²) in [5.41, 5.74) is 0.484. The lowest BCUT2D eigenvalue weighted by Crippen LogP contribution is -2.58. The van der Waals surface area contributed by atoms with Crippen LogP contribution < -0.4 is 10.6 Å². The molecule has 0 radical (unpaired) electrons. The molecule has 9 nitrogen and oxygen atoms in total. The van der Waals surface area contributed by atoms with E-state index in [0.717, 1.165) is 0 Å². The minimum absolute atomic E-state index is 0.260. The second kappa shape index (κ2) is 5.59. The van der Waals surface area contributed by atoms with E-state index in [9.17, 15) is 14.4 Å². The van der Waals surface area contributed by atoms with Gasteiger partial charge in [0.2, 0.25) is 5.91 Å².